The number of nitrogens with zero attached hydrogens (tertiary/aromatic N) is 1. The summed E-state index contributed by atoms with van der Waals surface area (Å²) in [6.45, 7) is 1.71. The van der Waals surface area contributed by atoms with E-state index in [4.69, 9.17) is 5.11 Å². The number of aliphatic imine (C=N–C) groups is 1. The second kappa shape index (κ2) is 7.88. The summed E-state index contributed by atoms with van der Waals surface area (Å²) < 4.78 is 0. The van der Waals surface area contributed by atoms with E-state index < -0.39 is 5.97 Å². The monoisotopic (exact) mass is 341 g/mol. The van der Waals surface area contributed by atoms with Crippen LogP contribution in [0.2, 0.25) is 0 Å². The maximum Gasteiger partial charge on any atom is 0.303 e. The molecule has 0 atom stereocenters. The summed E-state index contributed by atoms with van der Waals surface area (Å²) in [5.41, 5.74) is 2.06. The molecule has 0 radical (unpaired) electrons. The van der Waals surface area contributed by atoms with Gasteiger partial charge in [0.05, 0.1) is 6.54 Å². The summed E-state index contributed by atoms with van der Waals surface area (Å²) in [5, 5.41) is 15.1. The first-order valence-corrected chi connectivity index (χ1v) is 8.65. The first-order valence-electron chi connectivity index (χ1n) is 7.83. The van der Waals surface area contributed by atoms with E-state index in [9.17, 15) is 4.79 Å². The van der Waals surface area contributed by atoms with Gasteiger partial charge in [0.2, 0.25) is 0 Å². The van der Waals surface area contributed by atoms with Gasteiger partial charge in [0.15, 0.2) is 5.96 Å². The van der Waals surface area contributed by atoms with Gasteiger partial charge in [-0.15, -0.1) is 0 Å². The molecule has 0 bridgehead atoms. The summed E-state index contributed by atoms with van der Waals surface area (Å²) in [7, 11) is 0. The van der Waals surface area contributed by atoms with Crippen LogP contribution < -0.4 is 10.6 Å². The van der Waals surface area contributed by atoms with Gasteiger partial charge in [-0.2, -0.15) is 0 Å². The van der Waals surface area contributed by atoms with Crippen molar-refractivity contribution >= 4 is 29.4 Å². The van der Waals surface area contributed by atoms with Crippen LogP contribution in [0.25, 0.3) is 0 Å². The second-order valence-corrected chi connectivity index (χ2v) is 6.59. The molecule has 6 heteroatoms. The van der Waals surface area contributed by atoms with Gasteiger partial charge in [-0.05, 0) is 48.4 Å². The number of carboxylic acids is 1. The fourth-order valence-corrected chi connectivity index (χ4v) is 3.15. The molecule has 0 aliphatic carbocycles. The Hall–Kier alpha value is -2.47. The molecule has 0 saturated heterocycles. The Balaban J connectivity index is 1.56. The molecule has 1 aliphatic heterocycles. The zero-order chi connectivity index (χ0) is 16.8. The van der Waals surface area contributed by atoms with Gasteiger partial charge in [-0.25, -0.2) is 0 Å². The number of aryl methyl sites for hydroxylation is 1. The highest BCUT2D eigenvalue weighted by atomic mass is 32.2. The topological polar surface area (TPSA) is 73.7 Å². The summed E-state index contributed by atoms with van der Waals surface area (Å²) in [6.07, 6.45) is 0.736. The average Bonchev–Trinajstić information content (AvgIpc) is 3.09. The van der Waals surface area contributed by atoms with E-state index >= 15 is 0 Å². The van der Waals surface area contributed by atoms with E-state index in [1.807, 2.05) is 36.4 Å². The third kappa shape index (κ3) is 4.76. The minimum absolute atomic E-state index is 0.168. The van der Waals surface area contributed by atoms with Crippen LogP contribution in [0, 0.1) is 0 Å². The predicted molar refractivity (Wildman–Crippen MR) is 96.9 cm³/mol. The van der Waals surface area contributed by atoms with Gasteiger partial charge >= 0.3 is 5.97 Å². The molecular weight excluding hydrogens is 322 g/mol. The Bertz CT molecular complexity index is 727. The standard InChI is InChI=1S/C18H19N3O2S/c22-17(23)10-3-13-1-6-15(7-2-13)24-16-8-4-14(5-9-16)21-18-19-11-12-20-18/h1-2,4-9H,3,10-12H2,(H,22,23)(H2,19,20,21). The third-order valence-electron chi connectivity index (χ3n) is 3.58. The number of anilines is 1. The first-order chi connectivity index (χ1) is 11.7. The Kier molecular flexibility index (Phi) is 5.38. The molecule has 0 amide bonds. The number of aliphatic carboxylic acids is 1. The molecule has 3 N–H and O–H groups in total. The lowest BCUT2D eigenvalue weighted by Crippen LogP contribution is -2.26. The SMILES string of the molecule is O=C(O)CCc1ccc(Sc2ccc(NC3=NCCN3)cc2)cc1. The molecule has 0 fully saturated rings. The molecule has 2 aromatic carbocycles. The Labute approximate surface area is 145 Å². The van der Waals surface area contributed by atoms with Gasteiger partial charge < -0.3 is 15.7 Å². The second-order valence-electron chi connectivity index (χ2n) is 5.45. The Morgan fingerprint density at radius 2 is 1.79 bits per heavy atom. The molecule has 0 spiro atoms. The molecule has 2 aromatic rings. The van der Waals surface area contributed by atoms with Gasteiger partial charge in [0.1, 0.15) is 0 Å². The first kappa shape index (κ1) is 16.4. The van der Waals surface area contributed by atoms with Crippen molar-refractivity contribution in [2.24, 2.45) is 4.99 Å². The van der Waals surface area contributed by atoms with Crippen molar-refractivity contribution in [1.82, 2.24) is 5.32 Å². The zero-order valence-corrected chi connectivity index (χ0v) is 14.0. The van der Waals surface area contributed by atoms with Crippen LogP contribution >= 0.6 is 11.8 Å². The minimum Gasteiger partial charge on any atom is -0.481 e. The van der Waals surface area contributed by atoms with Crippen LogP contribution in [0.5, 0.6) is 0 Å². The van der Waals surface area contributed by atoms with E-state index in [1.165, 1.54) is 0 Å². The number of rotatable bonds is 6. The molecule has 124 valence electrons. The highest BCUT2D eigenvalue weighted by Gasteiger charge is 2.05. The van der Waals surface area contributed by atoms with Gasteiger partial charge in [-0.3, -0.25) is 9.79 Å². The highest BCUT2D eigenvalue weighted by Crippen LogP contribution is 2.28. The van der Waals surface area contributed by atoms with Crippen LogP contribution in [0.3, 0.4) is 0 Å². The lowest BCUT2D eigenvalue weighted by molar-refractivity contribution is -0.136. The lowest BCUT2D eigenvalue weighted by atomic mass is 10.1. The van der Waals surface area contributed by atoms with E-state index in [1.54, 1.807) is 11.8 Å². The fourth-order valence-electron chi connectivity index (χ4n) is 2.34. The van der Waals surface area contributed by atoms with E-state index in [-0.39, 0.29) is 6.42 Å². The number of guanidine groups is 1. The summed E-state index contributed by atoms with van der Waals surface area (Å²) in [4.78, 5) is 17.2. The molecule has 0 unspecified atom stereocenters. The molecule has 0 saturated carbocycles. The van der Waals surface area contributed by atoms with Crippen LogP contribution in [0.1, 0.15) is 12.0 Å². The van der Waals surface area contributed by atoms with Crippen molar-refractivity contribution in [3.05, 3.63) is 54.1 Å². The van der Waals surface area contributed by atoms with Gasteiger partial charge in [0.25, 0.3) is 0 Å². The van der Waals surface area contributed by atoms with E-state index in [0.717, 1.165) is 40.1 Å². The quantitative estimate of drug-likeness (QED) is 0.752. The molecule has 0 aromatic heterocycles. The van der Waals surface area contributed by atoms with Gasteiger partial charge in [-0.1, -0.05) is 23.9 Å². The number of hydrogen-bond donors (Lipinski definition) is 3. The maximum absolute atomic E-state index is 10.6. The average molecular weight is 341 g/mol. The van der Waals surface area contributed by atoms with Crippen molar-refractivity contribution in [3.63, 3.8) is 0 Å². The number of benzene rings is 2. The van der Waals surface area contributed by atoms with Crippen molar-refractivity contribution in [2.45, 2.75) is 22.6 Å². The summed E-state index contributed by atoms with van der Waals surface area (Å²) >= 11 is 1.68. The smallest absolute Gasteiger partial charge is 0.303 e. The Morgan fingerprint density at radius 1 is 1.12 bits per heavy atom. The van der Waals surface area contributed by atoms with Crippen LogP contribution in [0.4, 0.5) is 5.69 Å². The Morgan fingerprint density at radius 3 is 2.38 bits per heavy atom. The molecular formula is C18H19N3O2S. The maximum atomic E-state index is 10.6. The number of carboxylic acid groups (broad SMARTS) is 1. The van der Waals surface area contributed by atoms with Crippen LogP contribution in [-0.4, -0.2) is 30.1 Å². The van der Waals surface area contributed by atoms with Crippen molar-refractivity contribution in [3.8, 4) is 0 Å². The predicted octanol–water partition coefficient (Wildman–Crippen LogP) is 3.23. The van der Waals surface area contributed by atoms with E-state index in [0.29, 0.717) is 6.42 Å². The molecule has 1 aliphatic rings. The van der Waals surface area contributed by atoms with Crippen molar-refractivity contribution < 1.29 is 9.90 Å². The minimum atomic E-state index is -0.763. The number of hydrogen-bond acceptors (Lipinski definition) is 5. The van der Waals surface area contributed by atoms with Gasteiger partial charge in [0, 0.05) is 28.4 Å². The van der Waals surface area contributed by atoms with Crippen molar-refractivity contribution in [2.75, 3.05) is 18.4 Å². The number of nitrogens with one attached hydrogen (secondary N) is 2. The molecule has 3 rings (SSSR count). The fraction of sp³-hybridized carbons (Fsp3) is 0.222. The molecule has 5 nitrogen and oxygen atoms in total. The molecule has 1 heterocycles. The molecule has 24 heavy (non-hydrogen) atoms. The summed E-state index contributed by atoms with van der Waals surface area (Å²) in [6, 6.07) is 16.3. The lowest BCUT2D eigenvalue weighted by Gasteiger charge is -2.08. The van der Waals surface area contributed by atoms with E-state index in [2.05, 4.69) is 27.8 Å². The highest BCUT2D eigenvalue weighted by molar-refractivity contribution is 7.99. The summed E-state index contributed by atoms with van der Waals surface area (Å²) in [5.74, 6) is 0.0632. The van der Waals surface area contributed by atoms with Crippen molar-refractivity contribution in [1.29, 1.82) is 0 Å². The number of carbonyl (C=O) groups is 1. The van der Waals surface area contributed by atoms with Crippen LogP contribution in [-0.2, 0) is 11.2 Å². The largest absolute Gasteiger partial charge is 0.481 e. The third-order valence-corrected chi connectivity index (χ3v) is 4.59. The normalized spacial score (nSPS) is 13.2. The van der Waals surface area contributed by atoms with Crippen LogP contribution in [0.15, 0.2) is 63.3 Å². The zero-order valence-electron chi connectivity index (χ0n) is 13.2.